The Morgan fingerprint density at radius 1 is 1.33 bits per heavy atom. The van der Waals surface area contributed by atoms with Crippen LogP contribution >= 0.6 is 11.3 Å². The minimum Gasteiger partial charge on any atom is -0.342 e. The molecular formula is C16H24N2O2S. The van der Waals surface area contributed by atoms with Gasteiger partial charge in [0.2, 0.25) is 11.8 Å². The first-order valence-corrected chi connectivity index (χ1v) is 8.56. The van der Waals surface area contributed by atoms with E-state index in [0.717, 1.165) is 12.0 Å². The minimum absolute atomic E-state index is 0.0230. The van der Waals surface area contributed by atoms with Crippen LogP contribution in [0.3, 0.4) is 0 Å². The van der Waals surface area contributed by atoms with Crippen LogP contribution in [-0.4, -0.2) is 28.8 Å². The number of thiophene rings is 1. The first-order chi connectivity index (χ1) is 9.97. The van der Waals surface area contributed by atoms with Crippen molar-refractivity contribution < 1.29 is 9.59 Å². The van der Waals surface area contributed by atoms with Crippen molar-refractivity contribution in [3.8, 4) is 0 Å². The first kappa shape index (κ1) is 16.0. The maximum Gasteiger partial charge on any atom is 0.246 e. The molecule has 1 fully saturated rings. The molecule has 2 heterocycles. The number of carbonyl (C=O) groups excluding carboxylic acids is 2. The van der Waals surface area contributed by atoms with Crippen LogP contribution in [0.5, 0.6) is 0 Å². The highest BCUT2D eigenvalue weighted by Crippen LogP contribution is 2.30. The number of hydrogen-bond donors (Lipinski definition) is 1. The SMILES string of the molecule is CCCC1NC(=O)C(C(C)C)N(C(C)c2ccsc2)C1=O. The van der Waals surface area contributed by atoms with Gasteiger partial charge < -0.3 is 10.2 Å². The molecule has 4 nitrogen and oxygen atoms in total. The van der Waals surface area contributed by atoms with E-state index in [1.54, 1.807) is 16.2 Å². The Hall–Kier alpha value is -1.36. The van der Waals surface area contributed by atoms with Gasteiger partial charge in [0, 0.05) is 0 Å². The van der Waals surface area contributed by atoms with E-state index < -0.39 is 0 Å². The van der Waals surface area contributed by atoms with Gasteiger partial charge >= 0.3 is 0 Å². The average Bonchev–Trinajstić information content (AvgIpc) is 2.95. The third kappa shape index (κ3) is 3.12. The fourth-order valence-corrected chi connectivity index (χ4v) is 3.72. The molecule has 2 rings (SSSR count). The number of amides is 2. The fraction of sp³-hybridized carbons (Fsp3) is 0.625. The molecule has 3 atom stereocenters. The molecule has 0 saturated carbocycles. The van der Waals surface area contributed by atoms with Gasteiger partial charge in [0.05, 0.1) is 6.04 Å². The van der Waals surface area contributed by atoms with Crippen LogP contribution in [0.4, 0.5) is 0 Å². The summed E-state index contributed by atoms with van der Waals surface area (Å²) in [6, 6.07) is 1.20. The maximum atomic E-state index is 12.8. The van der Waals surface area contributed by atoms with Gasteiger partial charge in [-0.25, -0.2) is 0 Å². The summed E-state index contributed by atoms with van der Waals surface area (Å²) >= 11 is 1.62. The van der Waals surface area contributed by atoms with Gasteiger partial charge in [0.1, 0.15) is 12.1 Å². The van der Waals surface area contributed by atoms with Crippen LogP contribution in [-0.2, 0) is 9.59 Å². The molecular weight excluding hydrogens is 284 g/mol. The second-order valence-electron chi connectivity index (χ2n) is 6.02. The molecule has 0 spiro atoms. The third-order valence-electron chi connectivity index (χ3n) is 4.09. The van der Waals surface area contributed by atoms with E-state index in [2.05, 4.69) is 10.7 Å². The second kappa shape index (κ2) is 6.60. The molecule has 0 aromatic carbocycles. The van der Waals surface area contributed by atoms with E-state index in [4.69, 9.17) is 0 Å². The van der Waals surface area contributed by atoms with Crippen molar-refractivity contribution >= 4 is 23.2 Å². The minimum atomic E-state index is -0.388. The molecule has 1 aromatic heterocycles. The van der Waals surface area contributed by atoms with Crippen LogP contribution in [0, 0.1) is 5.92 Å². The van der Waals surface area contributed by atoms with Crippen molar-refractivity contribution in [1.82, 2.24) is 10.2 Å². The van der Waals surface area contributed by atoms with E-state index in [9.17, 15) is 9.59 Å². The molecule has 1 aliphatic rings. The molecule has 1 aliphatic heterocycles. The summed E-state index contributed by atoms with van der Waals surface area (Å²) in [6.07, 6.45) is 1.58. The van der Waals surface area contributed by atoms with E-state index in [-0.39, 0.29) is 35.9 Å². The predicted molar refractivity (Wildman–Crippen MR) is 85.0 cm³/mol. The van der Waals surface area contributed by atoms with E-state index in [1.807, 2.05) is 39.1 Å². The standard InChI is InChI=1S/C16H24N2O2S/c1-5-6-13-16(20)18(11(4)12-7-8-21-9-12)14(10(2)3)15(19)17-13/h7-11,13-14H,5-6H2,1-4H3,(H,17,19). The summed E-state index contributed by atoms with van der Waals surface area (Å²) in [5.74, 6) is 0.122. The summed E-state index contributed by atoms with van der Waals surface area (Å²) in [5, 5.41) is 6.96. The van der Waals surface area contributed by atoms with Gasteiger partial charge in [-0.2, -0.15) is 11.3 Å². The quantitative estimate of drug-likeness (QED) is 0.909. The first-order valence-electron chi connectivity index (χ1n) is 7.62. The number of carbonyl (C=O) groups is 2. The highest BCUT2D eigenvalue weighted by Gasteiger charge is 2.43. The number of rotatable bonds is 5. The van der Waals surface area contributed by atoms with Crippen LogP contribution in [0.1, 0.15) is 52.1 Å². The normalized spacial score (nSPS) is 24.3. The maximum absolute atomic E-state index is 12.8. The largest absolute Gasteiger partial charge is 0.342 e. The Morgan fingerprint density at radius 3 is 2.57 bits per heavy atom. The van der Waals surface area contributed by atoms with Gasteiger partial charge in [-0.15, -0.1) is 0 Å². The zero-order chi connectivity index (χ0) is 15.6. The summed E-state index contributed by atoms with van der Waals surface area (Å²) in [7, 11) is 0. The van der Waals surface area contributed by atoms with Crippen LogP contribution < -0.4 is 5.32 Å². The molecule has 0 bridgehead atoms. The Kier molecular flexibility index (Phi) is 5.04. The van der Waals surface area contributed by atoms with Gasteiger partial charge in [0.25, 0.3) is 0 Å². The molecule has 1 N–H and O–H groups in total. The van der Waals surface area contributed by atoms with Gasteiger partial charge in [-0.3, -0.25) is 9.59 Å². The van der Waals surface area contributed by atoms with E-state index in [1.165, 1.54) is 0 Å². The van der Waals surface area contributed by atoms with Crippen molar-refractivity contribution in [3.05, 3.63) is 22.4 Å². The lowest BCUT2D eigenvalue weighted by Crippen LogP contribution is -2.65. The number of nitrogens with one attached hydrogen (secondary N) is 1. The summed E-state index contributed by atoms with van der Waals surface area (Å²) in [6.45, 7) is 8.02. The molecule has 1 saturated heterocycles. The second-order valence-corrected chi connectivity index (χ2v) is 6.80. The lowest BCUT2D eigenvalue weighted by Gasteiger charge is -2.44. The summed E-state index contributed by atoms with van der Waals surface area (Å²) in [5.41, 5.74) is 1.10. The predicted octanol–water partition coefficient (Wildman–Crippen LogP) is 2.96. The molecule has 116 valence electrons. The lowest BCUT2D eigenvalue weighted by atomic mass is 9.93. The van der Waals surface area contributed by atoms with Crippen LogP contribution in [0.15, 0.2) is 16.8 Å². The lowest BCUT2D eigenvalue weighted by molar-refractivity contribution is -0.154. The average molecular weight is 308 g/mol. The molecule has 0 aliphatic carbocycles. The molecule has 5 heteroatoms. The molecule has 3 unspecified atom stereocenters. The van der Waals surface area contributed by atoms with Crippen molar-refractivity contribution in [3.63, 3.8) is 0 Å². The molecule has 21 heavy (non-hydrogen) atoms. The zero-order valence-electron chi connectivity index (χ0n) is 13.1. The topological polar surface area (TPSA) is 49.4 Å². The van der Waals surface area contributed by atoms with Gasteiger partial charge in [-0.1, -0.05) is 27.2 Å². The number of hydrogen-bond acceptors (Lipinski definition) is 3. The van der Waals surface area contributed by atoms with Gasteiger partial charge in [0.15, 0.2) is 0 Å². The smallest absolute Gasteiger partial charge is 0.246 e. The highest BCUT2D eigenvalue weighted by molar-refractivity contribution is 7.07. The zero-order valence-corrected chi connectivity index (χ0v) is 13.9. The Morgan fingerprint density at radius 2 is 2.05 bits per heavy atom. The third-order valence-corrected chi connectivity index (χ3v) is 4.79. The van der Waals surface area contributed by atoms with Crippen molar-refractivity contribution in [1.29, 1.82) is 0 Å². The Bertz CT molecular complexity index is 498. The van der Waals surface area contributed by atoms with E-state index >= 15 is 0 Å². The van der Waals surface area contributed by atoms with E-state index in [0.29, 0.717) is 6.42 Å². The van der Waals surface area contributed by atoms with Crippen molar-refractivity contribution in [2.45, 2.75) is 58.7 Å². The van der Waals surface area contributed by atoms with Gasteiger partial charge in [-0.05, 0) is 41.7 Å². The Labute approximate surface area is 130 Å². The van der Waals surface area contributed by atoms with Crippen molar-refractivity contribution in [2.75, 3.05) is 0 Å². The fourth-order valence-electron chi connectivity index (χ4n) is 2.98. The summed E-state index contributed by atoms with van der Waals surface area (Å²) in [4.78, 5) is 27.1. The summed E-state index contributed by atoms with van der Waals surface area (Å²) < 4.78 is 0. The highest BCUT2D eigenvalue weighted by atomic mass is 32.1. The molecule has 2 amide bonds. The monoisotopic (exact) mass is 308 g/mol. The molecule has 0 radical (unpaired) electrons. The van der Waals surface area contributed by atoms with Crippen LogP contribution in [0.2, 0.25) is 0 Å². The number of piperazine rings is 1. The number of nitrogens with zero attached hydrogens (tertiary/aromatic N) is 1. The Balaban J connectivity index is 2.34. The van der Waals surface area contributed by atoms with Crippen molar-refractivity contribution in [2.24, 2.45) is 5.92 Å². The molecule has 1 aromatic rings. The van der Waals surface area contributed by atoms with Crippen LogP contribution in [0.25, 0.3) is 0 Å².